The van der Waals surface area contributed by atoms with E-state index in [0.717, 1.165) is 19.4 Å². The van der Waals surface area contributed by atoms with Crippen LogP contribution in [0.3, 0.4) is 0 Å². The third kappa shape index (κ3) is 4.84. The summed E-state index contributed by atoms with van der Waals surface area (Å²) < 4.78 is 0. The minimum Gasteiger partial charge on any atom is -0.308 e. The number of nitrogens with one attached hydrogen (secondary N) is 1. The van der Waals surface area contributed by atoms with Gasteiger partial charge in [-0.1, -0.05) is 30.3 Å². The van der Waals surface area contributed by atoms with Crippen LogP contribution in [0.4, 0.5) is 0 Å². The van der Waals surface area contributed by atoms with E-state index in [1.807, 2.05) is 12.4 Å². The molecule has 0 atom stereocenters. The topological polar surface area (TPSA) is 24.9 Å². The number of hydrogen-bond donors (Lipinski definition) is 1. The van der Waals surface area contributed by atoms with Gasteiger partial charge in [-0.3, -0.25) is 4.98 Å². The normalized spacial score (nSPS) is 11.5. The van der Waals surface area contributed by atoms with Crippen molar-refractivity contribution in [2.45, 2.75) is 38.8 Å². The van der Waals surface area contributed by atoms with E-state index in [0.29, 0.717) is 0 Å². The second-order valence-corrected chi connectivity index (χ2v) is 5.58. The average molecular weight is 254 g/mol. The van der Waals surface area contributed by atoms with E-state index in [4.69, 9.17) is 0 Å². The van der Waals surface area contributed by atoms with E-state index in [9.17, 15) is 0 Å². The van der Waals surface area contributed by atoms with Crippen LogP contribution in [0.5, 0.6) is 0 Å². The summed E-state index contributed by atoms with van der Waals surface area (Å²) >= 11 is 0. The van der Waals surface area contributed by atoms with Crippen molar-refractivity contribution in [3.63, 3.8) is 0 Å². The molecule has 1 heterocycles. The summed E-state index contributed by atoms with van der Waals surface area (Å²) in [6, 6.07) is 14.8. The number of hydrogen-bond acceptors (Lipinski definition) is 2. The lowest BCUT2D eigenvalue weighted by molar-refractivity contribution is 0.360. The lowest BCUT2D eigenvalue weighted by atomic mass is 9.95. The van der Waals surface area contributed by atoms with E-state index in [2.05, 4.69) is 66.6 Å². The summed E-state index contributed by atoms with van der Waals surface area (Å²) in [6.45, 7) is 5.42. The van der Waals surface area contributed by atoms with Gasteiger partial charge in [0.1, 0.15) is 0 Å². The first kappa shape index (κ1) is 13.8. The van der Waals surface area contributed by atoms with Crippen molar-refractivity contribution in [1.82, 2.24) is 10.3 Å². The molecule has 0 bridgehead atoms. The Morgan fingerprint density at radius 2 is 1.63 bits per heavy atom. The summed E-state index contributed by atoms with van der Waals surface area (Å²) in [6.07, 6.45) is 5.92. The first-order chi connectivity index (χ1) is 9.16. The molecule has 1 aromatic heterocycles. The van der Waals surface area contributed by atoms with Crippen molar-refractivity contribution in [2.75, 3.05) is 0 Å². The Balaban J connectivity index is 1.82. The third-order valence-electron chi connectivity index (χ3n) is 3.40. The lowest BCUT2D eigenvalue weighted by Crippen LogP contribution is -2.39. The molecule has 0 saturated heterocycles. The Morgan fingerprint density at radius 3 is 2.32 bits per heavy atom. The summed E-state index contributed by atoms with van der Waals surface area (Å²) in [7, 11) is 0. The van der Waals surface area contributed by atoms with Crippen LogP contribution in [0.1, 0.15) is 31.4 Å². The van der Waals surface area contributed by atoms with E-state index in [1.165, 1.54) is 11.1 Å². The predicted molar refractivity (Wildman–Crippen MR) is 79.9 cm³/mol. The Bertz CT molecular complexity index is 432. The minimum absolute atomic E-state index is 0.138. The van der Waals surface area contributed by atoms with E-state index in [1.54, 1.807) is 0 Å². The average Bonchev–Trinajstić information content (AvgIpc) is 2.46. The van der Waals surface area contributed by atoms with Crippen LogP contribution < -0.4 is 5.32 Å². The molecule has 0 fully saturated rings. The molecule has 2 nitrogen and oxygen atoms in total. The number of rotatable bonds is 6. The fourth-order valence-electron chi connectivity index (χ4n) is 2.03. The summed E-state index contributed by atoms with van der Waals surface area (Å²) in [5.74, 6) is 0. The SMILES string of the molecule is CC(C)(CCc1ccccc1)NCc1ccncc1. The van der Waals surface area contributed by atoms with Gasteiger partial charge in [0.2, 0.25) is 0 Å². The van der Waals surface area contributed by atoms with Crippen molar-refractivity contribution in [1.29, 1.82) is 0 Å². The Hall–Kier alpha value is -1.67. The van der Waals surface area contributed by atoms with Crippen molar-refractivity contribution >= 4 is 0 Å². The van der Waals surface area contributed by atoms with Gasteiger partial charge in [-0.25, -0.2) is 0 Å². The molecule has 19 heavy (non-hydrogen) atoms. The van der Waals surface area contributed by atoms with Gasteiger partial charge in [-0.15, -0.1) is 0 Å². The smallest absolute Gasteiger partial charge is 0.0271 e. The number of pyridine rings is 1. The summed E-state index contributed by atoms with van der Waals surface area (Å²) in [5, 5.41) is 3.62. The van der Waals surface area contributed by atoms with E-state index >= 15 is 0 Å². The van der Waals surface area contributed by atoms with Gasteiger partial charge < -0.3 is 5.32 Å². The quantitative estimate of drug-likeness (QED) is 0.852. The fourth-order valence-corrected chi connectivity index (χ4v) is 2.03. The van der Waals surface area contributed by atoms with Gasteiger partial charge >= 0.3 is 0 Å². The zero-order valence-electron chi connectivity index (χ0n) is 11.8. The molecule has 0 aliphatic rings. The highest BCUT2D eigenvalue weighted by Gasteiger charge is 2.16. The molecule has 100 valence electrons. The maximum absolute atomic E-state index is 4.04. The molecule has 0 aliphatic carbocycles. The van der Waals surface area contributed by atoms with Gasteiger partial charge in [0.15, 0.2) is 0 Å². The maximum Gasteiger partial charge on any atom is 0.0271 e. The molecular weight excluding hydrogens is 232 g/mol. The molecule has 0 radical (unpaired) electrons. The van der Waals surface area contributed by atoms with Crippen molar-refractivity contribution < 1.29 is 0 Å². The van der Waals surface area contributed by atoms with Crippen LogP contribution >= 0.6 is 0 Å². The molecule has 0 unspecified atom stereocenters. The van der Waals surface area contributed by atoms with Crippen molar-refractivity contribution in [3.8, 4) is 0 Å². The largest absolute Gasteiger partial charge is 0.308 e. The van der Waals surface area contributed by atoms with Gasteiger partial charge in [-0.05, 0) is 49.9 Å². The molecule has 1 N–H and O–H groups in total. The number of aryl methyl sites for hydroxylation is 1. The molecule has 0 saturated carbocycles. The van der Waals surface area contributed by atoms with Gasteiger partial charge in [0.25, 0.3) is 0 Å². The molecule has 1 aromatic carbocycles. The second kappa shape index (κ2) is 6.48. The second-order valence-electron chi connectivity index (χ2n) is 5.58. The highest BCUT2D eigenvalue weighted by molar-refractivity contribution is 5.15. The molecular formula is C17H22N2. The zero-order chi connectivity index (χ0) is 13.6. The predicted octanol–water partition coefficient (Wildman–Crippen LogP) is 3.58. The van der Waals surface area contributed by atoms with Crippen molar-refractivity contribution in [2.24, 2.45) is 0 Å². The maximum atomic E-state index is 4.04. The van der Waals surface area contributed by atoms with E-state index < -0.39 is 0 Å². The monoisotopic (exact) mass is 254 g/mol. The standard InChI is InChI=1S/C17H22N2/c1-17(2,11-8-15-6-4-3-5-7-15)19-14-16-9-12-18-13-10-16/h3-7,9-10,12-13,19H,8,11,14H2,1-2H3. The Kier molecular flexibility index (Phi) is 4.69. The van der Waals surface area contributed by atoms with Crippen LogP contribution in [0.2, 0.25) is 0 Å². The Morgan fingerprint density at radius 1 is 0.947 bits per heavy atom. The van der Waals surface area contributed by atoms with Gasteiger partial charge in [-0.2, -0.15) is 0 Å². The van der Waals surface area contributed by atoms with Crippen LogP contribution in [-0.2, 0) is 13.0 Å². The Labute approximate surface area is 115 Å². The van der Waals surface area contributed by atoms with Gasteiger partial charge in [0, 0.05) is 24.5 Å². The highest BCUT2D eigenvalue weighted by atomic mass is 14.9. The van der Waals surface area contributed by atoms with Crippen molar-refractivity contribution in [3.05, 3.63) is 66.0 Å². The molecule has 2 aromatic rings. The van der Waals surface area contributed by atoms with E-state index in [-0.39, 0.29) is 5.54 Å². The summed E-state index contributed by atoms with van der Waals surface area (Å²) in [4.78, 5) is 4.04. The number of benzene rings is 1. The highest BCUT2D eigenvalue weighted by Crippen LogP contribution is 2.14. The molecule has 2 rings (SSSR count). The fraction of sp³-hybridized carbons (Fsp3) is 0.353. The van der Waals surface area contributed by atoms with Crippen LogP contribution in [0, 0.1) is 0 Å². The van der Waals surface area contributed by atoms with Crippen LogP contribution in [-0.4, -0.2) is 10.5 Å². The first-order valence-corrected chi connectivity index (χ1v) is 6.84. The first-order valence-electron chi connectivity index (χ1n) is 6.84. The minimum atomic E-state index is 0.138. The van der Waals surface area contributed by atoms with Crippen LogP contribution in [0.15, 0.2) is 54.9 Å². The lowest BCUT2D eigenvalue weighted by Gasteiger charge is -2.26. The number of nitrogens with zero attached hydrogens (tertiary/aromatic N) is 1. The molecule has 0 spiro atoms. The third-order valence-corrected chi connectivity index (χ3v) is 3.40. The molecule has 0 aliphatic heterocycles. The zero-order valence-corrected chi connectivity index (χ0v) is 11.8. The number of aromatic nitrogens is 1. The molecule has 2 heteroatoms. The van der Waals surface area contributed by atoms with Crippen LogP contribution in [0.25, 0.3) is 0 Å². The molecule has 0 amide bonds. The van der Waals surface area contributed by atoms with Gasteiger partial charge in [0.05, 0.1) is 0 Å². The summed E-state index contributed by atoms with van der Waals surface area (Å²) in [5.41, 5.74) is 2.82.